The van der Waals surface area contributed by atoms with Gasteiger partial charge in [-0.1, -0.05) is 18.2 Å². The number of hydrogen-bond acceptors (Lipinski definition) is 4. The van der Waals surface area contributed by atoms with Gasteiger partial charge >= 0.3 is 0 Å². The molecule has 0 fully saturated rings. The summed E-state index contributed by atoms with van der Waals surface area (Å²) in [5.74, 6) is -0.0852. The molecule has 0 saturated heterocycles. The predicted molar refractivity (Wildman–Crippen MR) is 90.8 cm³/mol. The average molecular weight is 325 g/mol. The minimum absolute atomic E-state index is 0.0852. The lowest BCUT2D eigenvalue weighted by Crippen LogP contribution is -2.09. The molecule has 1 N–H and O–H groups in total. The zero-order chi connectivity index (χ0) is 14.9. The number of thiazole rings is 1. The van der Waals surface area contributed by atoms with Crippen LogP contribution in [0.4, 0.5) is 5.69 Å². The van der Waals surface area contributed by atoms with Crippen molar-refractivity contribution in [2.75, 3.05) is 5.32 Å². The van der Waals surface area contributed by atoms with E-state index in [1.165, 1.54) is 11.3 Å². The Morgan fingerprint density at radius 3 is 2.91 bits per heavy atom. The lowest BCUT2D eigenvalue weighted by molar-refractivity contribution is 0.103. The van der Waals surface area contributed by atoms with Crippen LogP contribution in [0.1, 0.15) is 9.67 Å². The molecule has 4 aromatic rings. The number of thiophene rings is 1. The second kappa shape index (κ2) is 5.40. The third-order valence-corrected chi connectivity index (χ3v) is 4.89. The molecular formula is C16H11N3OS2. The van der Waals surface area contributed by atoms with Gasteiger partial charge in [0.15, 0.2) is 4.96 Å². The number of imidazole rings is 1. The fraction of sp³-hybridized carbons (Fsp3) is 0. The van der Waals surface area contributed by atoms with Crippen LogP contribution in [0.2, 0.25) is 0 Å². The molecule has 4 nitrogen and oxygen atoms in total. The Balaban J connectivity index is 1.63. The molecule has 1 aromatic carbocycles. The number of rotatable bonds is 3. The lowest BCUT2D eigenvalue weighted by atomic mass is 10.1. The summed E-state index contributed by atoms with van der Waals surface area (Å²) in [5.41, 5.74) is 2.66. The number of nitrogens with zero attached hydrogens (tertiary/aromatic N) is 2. The van der Waals surface area contributed by atoms with E-state index in [9.17, 15) is 4.79 Å². The highest BCUT2D eigenvalue weighted by molar-refractivity contribution is 7.15. The monoisotopic (exact) mass is 325 g/mol. The normalized spacial score (nSPS) is 10.9. The Hall–Kier alpha value is -2.44. The number of hydrogen-bond donors (Lipinski definition) is 1. The Kier molecular flexibility index (Phi) is 3.25. The fourth-order valence-electron chi connectivity index (χ4n) is 2.22. The number of anilines is 1. The summed E-state index contributed by atoms with van der Waals surface area (Å²) in [4.78, 5) is 18.4. The van der Waals surface area contributed by atoms with Gasteiger partial charge in [0.05, 0.1) is 10.6 Å². The Morgan fingerprint density at radius 1 is 1.14 bits per heavy atom. The van der Waals surface area contributed by atoms with E-state index >= 15 is 0 Å². The van der Waals surface area contributed by atoms with Crippen LogP contribution in [0, 0.1) is 0 Å². The van der Waals surface area contributed by atoms with Crippen molar-refractivity contribution in [3.05, 3.63) is 64.4 Å². The van der Waals surface area contributed by atoms with Crippen molar-refractivity contribution in [2.24, 2.45) is 0 Å². The SMILES string of the molecule is O=C(Nc1cccc(-c2cn3ccsc3n2)c1)c1cccs1. The van der Waals surface area contributed by atoms with Gasteiger partial charge in [0, 0.05) is 29.0 Å². The highest BCUT2D eigenvalue weighted by Crippen LogP contribution is 2.24. The lowest BCUT2D eigenvalue weighted by Gasteiger charge is -2.05. The number of carbonyl (C=O) groups excluding carboxylic acids is 1. The smallest absolute Gasteiger partial charge is 0.265 e. The molecule has 22 heavy (non-hydrogen) atoms. The summed E-state index contributed by atoms with van der Waals surface area (Å²) in [6.45, 7) is 0. The molecule has 0 aliphatic rings. The van der Waals surface area contributed by atoms with Crippen molar-refractivity contribution < 1.29 is 4.79 Å². The van der Waals surface area contributed by atoms with Gasteiger partial charge in [0.25, 0.3) is 5.91 Å². The van der Waals surface area contributed by atoms with E-state index in [-0.39, 0.29) is 5.91 Å². The van der Waals surface area contributed by atoms with Crippen molar-refractivity contribution in [3.63, 3.8) is 0 Å². The van der Waals surface area contributed by atoms with Gasteiger partial charge < -0.3 is 5.32 Å². The molecule has 1 amide bonds. The Morgan fingerprint density at radius 2 is 2.09 bits per heavy atom. The molecule has 0 spiro atoms. The van der Waals surface area contributed by atoms with Crippen LogP contribution in [-0.4, -0.2) is 15.3 Å². The van der Waals surface area contributed by atoms with Gasteiger partial charge in [-0.05, 0) is 23.6 Å². The van der Waals surface area contributed by atoms with Crippen LogP contribution in [0.5, 0.6) is 0 Å². The van der Waals surface area contributed by atoms with Gasteiger partial charge in [-0.2, -0.15) is 0 Å². The number of carbonyl (C=O) groups is 1. The van der Waals surface area contributed by atoms with Crippen molar-refractivity contribution in [1.82, 2.24) is 9.38 Å². The highest BCUT2D eigenvalue weighted by Gasteiger charge is 2.09. The highest BCUT2D eigenvalue weighted by atomic mass is 32.1. The topological polar surface area (TPSA) is 46.4 Å². The van der Waals surface area contributed by atoms with Gasteiger partial charge in [0.2, 0.25) is 0 Å². The van der Waals surface area contributed by atoms with E-state index in [1.54, 1.807) is 11.3 Å². The van der Waals surface area contributed by atoms with Crippen LogP contribution in [0.25, 0.3) is 16.2 Å². The summed E-state index contributed by atoms with van der Waals surface area (Å²) in [7, 11) is 0. The van der Waals surface area contributed by atoms with E-state index in [0.29, 0.717) is 4.88 Å². The molecule has 108 valence electrons. The van der Waals surface area contributed by atoms with E-state index in [4.69, 9.17) is 0 Å². The Labute approximate surface area is 134 Å². The first-order chi connectivity index (χ1) is 10.8. The van der Waals surface area contributed by atoms with Gasteiger partial charge in [-0.3, -0.25) is 9.20 Å². The van der Waals surface area contributed by atoms with Crippen molar-refractivity contribution in [3.8, 4) is 11.3 Å². The minimum Gasteiger partial charge on any atom is -0.321 e. The molecule has 3 heterocycles. The molecule has 0 bridgehead atoms. The first-order valence-corrected chi connectivity index (χ1v) is 8.43. The zero-order valence-electron chi connectivity index (χ0n) is 11.4. The molecule has 3 aromatic heterocycles. The quantitative estimate of drug-likeness (QED) is 0.608. The summed E-state index contributed by atoms with van der Waals surface area (Å²) >= 11 is 3.03. The maximum absolute atomic E-state index is 12.1. The Bertz CT molecular complexity index is 909. The van der Waals surface area contributed by atoms with Gasteiger partial charge in [-0.15, -0.1) is 22.7 Å². The summed E-state index contributed by atoms with van der Waals surface area (Å²) in [5, 5.41) is 6.82. The van der Waals surface area contributed by atoms with E-state index in [1.807, 2.05) is 64.0 Å². The van der Waals surface area contributed by atoms with Crippen LogP contribution in [-0.2, 0) is 0 Å². The number of nitrogens with one attached hydrogen (secondary N) is 1. The van der Waals surface area contributed by atoms with Crippen LogP contribution in [0.3, 0.4) is 0 Å². The minimum atomic E-state index is -0.0852. The molecular weight excluding hydrogens is 314 g/mol. The van der Waals surface area contributed by atoms with E-state index in [2.05, 4.69) is 10.3 Å². The molecule has 6 heteroatoms. The number of aromatic nitrogens is 2. The average Bonchev–Trinajstić information content (AvgIpc) is 3.24. The molecule has 0 unspecified atom stereocenters. The first kappa shape index (κ1) is 13.2. The first-order valence-electron chi connectivity index (χ1n) is 6.67. The van der Waals surface area contributed by atoms with Crippen LogP contribution < -0.4 is 5.32 Å². The maximum atomic E-state index is 12.1. The summed E-state index contributed by atoms with van der Waals surface area (Å²) in [6, 6.07) is 11.4. The zero-order valence-corrected chi connectivity index (χ0v) is 13.0. The third kappa shape index (κ3) is 2.43. The van der Waals surface area contributed by atoms with Crippen molar-refractivity contribution in [2.45, 2.75) is 0 Å². The molecule has 0 aliphatic carbocycles. The largest absolute Gasteiger partial charge is 0.321 e. The van der Waals surface area contributed by atoms with E-state index < -0.39 is 0 Å². The fourth-order valence-corrected chi connectivity index (χ4v) is 3.54. The second-order valence-corrected chi connectivity index (χ2v) is 6.55. The number of amides is 1. The predicted octanol–water partition coefficient (Wildman–Crippen LogP) is 4.38. The van der Waals surface area contributed by atoms with Crippen LogP contribution >= 0.6 is 22.7 Å². The molecule has 0 radical (unpaired) electrons. The molecule has 0 atom stereocenters. The summed E-state index contributed by atoms with van der Waals surface area (Å²) in [6.07, 6.45) is 3.98. The molecule has 0 aliphatic heterocycles. The van der Waals surface area contributed by atoms with Gasteiger partial charge in [0.1, 0.15) is 0 Å². The summed E-state index contributed by atoms with van der Waals surface area (Å²) < 4.78 is 2.00. The maximum Gasteiger partial charge on any atom is 0.265 e. The number of benzene rings is 1. The van der Waals surface area contributed by atoms with Gasteiger partial charge in [-0.25, -0.2) is 4.98 Å². The number of fused-ring (bicyclic) bond motifs is 1. The van der Waals surface area contributed by atoms with Crippen LogP contribution in [0.15, 0.2) is 59.6 Å². The third-order valence-electron chi connectivity index (χ3n) is 3.25. The molecule has 0 saturated carbocycles. The second-order valence-electron chi connectivity index (χ2n) is 4.73. The molecule has 4 rings (SSSR count). The standard InChI is InChI=1S/C16H11N3OS2/c20-15(14-5-2-7-21-14)17-12-4-1-3-11(9-12)13-10-19-6-8-22-16(19)18-13/h1-10H,(H,17,20). The van der Waals surface area contributed by atoms with E-state index in [0.717, 1.165) is 21.9 Å². The van der Waals surface area contributed by atoms with Crippen molar-refractivity contribution >= 4 is 39.2 Å². The van der Waals surface area contributed by atoms with Crippen molar-refractivity contribution in [1.29, 1.82) is 0 Å².